The molecular formula is C23H49NO3P+. The van der Waals surface area contributed by atoms with Crippen LogP contribution < -0.4 is 0 Å². The third kappa shape index (κ3) is 14.8. The molecule has 0 aromatic rings. The summed E-state index contributed by atoms with van der Waals surface area (Å²) >= 11 is 0. The Morgan fingerprint density at radius 3 is 1.71 bits per heavy atom. The van der Waals surface area contributed by atoms with E-state index in [-0.39, 0.29) is 5.78 Å². The zero-order valence-electron chi connectivity index (χ0n) is 19.3. The molecule has 2 unspecified atom stereocenters. The number of allylic oxidation sites excluding steroid dienone is 1. The average Bonchev–Trinajstić information content (AvgIpc) is 2.61. The lowest BCUT2D eigenvalue weighted by Gasteiger charge is -2.35. The van der Waals surface area contributed by atoms with Crippen molar-refractivity contribution >= 4 is 7.60 Å². The number of quaternary nitrogens is 1. The molecule has 2 atom stereocenters. The lowest BCUT2D eigenvalue weighted by molar-refractivity contribution is -0.883. The van der Waals surface area contributed by atoms with Crippen molar-refractivity contribution in [3.05, 3.63) is 12.7 Å². The molecule has 0 spiro atoms. The lowest BCUT2D eigenvalue weighted by Crippen LogP contribution is -2.45. The van der Waals surface area contributed by atoms with Crippen LogP contribution in [0.15, 0.2) is 12.7 Å². The fraction of sp³-hybridized carbons (Fsp3) is 0.913. The summed E-state index contributed by atoms with van der Waals surface area (Å²) in [6.45, 7) is 6.21. The maximum absolute atomic E-state index is 12.6. The molecule has 28 heavy (non-hydrogen) atoms. The molecule has 0 amide bonds. The van der Waals surface area contributed by atoms with Gasteiger partial charge in [0.15, 0.2) is 5.78 Å². The quantitative estimate of drug-likeness (QED) is 0.0978. The van der Waals surface area contributed by atoms with Gasteiger partial charge in [-0.1, -0.05) is 77.2 Å². The monoisotopic (exact) mass is 418 g/mol. The molecule has 1 N–H and O–H groups in total. The highest BCUT2D eigenvalue weighted by molar-refractivity contribution is 7.53. The standard InChI is InChI=1S/C23H48NO3P/c1-6-8-9-10-11-12-13-14-15-16-17-18-19-20-22-27-28(25,26)23(21-7-2)24(3,4)5/h6,23H,1,7-22H2,2-5H3/p+1. The van der Waals surface area contributed by atoms with Crippen LogP contribution in [0.25, 0.3) is 0 Å². The summed E-state index contributed by atoms with van der Waals surface area (Å²) in [5.41, 5.74) is 0. The number of rotatable bonds is 20. The first-order valence-corrected chi connectivity index (χ1v) is 13.3. The molecule has 4 nitrogen and oxygen atoms in total. The minimum Gasteiger partial charge on any atom is -0.320 e. The molecular weight excluding hydrogens is 369 g/mol. The predicted molar refractivity (Wildman–Crippen MR) is 123 cm³/mol. The Labute approximate surface area is 175 Å². The number of hydrogen-bond acceptors (Lipinski definition) is 2. The second-order valence-electron chi connectivity index (χ2n) is 9.10. The van der Waals surface area contributed by atoms with Gasteiger partial charge >= 0.3 is 7.60 Å². The number of nitrogens with zero attached hydrogens (tertiary/aromatic N) is 1. The molecule has 0 saturated heterocycles. The summed E-state index contributed by atoms with van der Waals surface area (Å²) in [4.78, 5) is 10.4. The fourth-order valence-electron chi connectivity index (χ4n) is 3.69. The van der Waals surface area contributed by atoms with Gasteiger partial charge in [0.1, 0.15) is 0 Å². The molecule has 0 radical (unpaired) electrons. The Morgan fingerprint density at radius 2 is 1.32 bits per heavy atom. The summed E-state index contributed by atoms with van der Waals surface area (Å²) in [5, 5.41) is 0. The minimum atomic E-state index is -3.56. The van der Waals surface area contributed by atoms with Gasteiger partial charge in [0.05, 0.1) is 27.7 Å². The smallest absolute Gasteiger partial charge is 0.320 e. The van der Waals surface area contributed by atoms with Gasteiger partial charge in [-0.3, -0.25) is 4.57 Å². The van der Waals surface area contributed by atoms with Gasteiger partial charge in [0, 0.05) is 6.42 Å². The van der Waals surface area contributed by atoms with Crippen molar-refractivity contribution in [1.29, 1.82) is 0 Å². The molecule has 0 saturated carbocycles. The molecule has 5 heteroatoms. The summed E-state index contributed by atoms with van der Waals surface area (Å²) in [6, 6.07) is 0. The van der Waals surface area contributed by atoms with E-state index in [0.29, 0.717) is 17.5 Å². The number of hydrogen-bond donors (Lipinski definition) is 1. The zero-order valence-corrected chi connectivity index (χ0v) is 20.2. The highest BCUT2D eigenvalue weighted by atomic mass is 31.2. The van der Waals surface area contributed by atoms with E-state index < -0.39 is 7.60 Å². The van der Waals surface area contributed by atoms with Crippen LogP contribution in [-0.4, -0.2) is 42.9 Å². The second kappa shape index (κ2) is 16.6. The Hall–Kier alpha value is -0.150. The first kappa shape index (κ1) is 27.8. The third-order valence-corrected chi connectivity index (χ3v) is 7.65. The van der Waals surface area contributed by atoms with Crippen LogP contribution in [0.2, 0.25) is 0 Å². The maximum Gasteiger partial charge on any atom is 0.385 e. The normalized spacial score (nSPS) is 15.3. The summed E-state index contributed by atoms with van der Waals surface area (Å²) in [6.07, 6.45) is 20.0. The SMILES string of the molecule is C=CCCCCCCCCCCCCCCOP(=O)(O)C(CCC)[N+](C)(C)C. The Bertz CT molecular complexity index is 421. The highest BCUT2D eigenvalue weighted by Gasteiger charge is 2.41. The largest absolute Gasteiger partial charge is 0.385 e. The van der Waals surface area contributed by atoms with Crippen molar-refractivity contribution < 1.29 is 18.5 Å². The second-order valence-corrected chi connectivity index (χ2v) is 11.1. The average molecular weight is 419 g/mol. The molecule has 0 fully saturated rings. The van der Waals surface area contributed by atoms with Crippen molar-refractivity contribution in [3.8, 4) is 0 Å². The summed E-state index contributed by atoms with van der Waals surface area (Å²) in [5.74, 6) is -0.334. The van der Waals surface area contributed by atoms with Crippen LogP contribution in [0.3, 0.4) is 0 Å². The van der Waals surface area contributed by atoms with Crippen LogP contribution >= 0.6 is 7.60 Å². The van der Waals surface area contributed by atoms with E-state index in [9.17, 15) is 9.46 Å². The van der Waals surface area contributed by atoms with Gasteiger partial charge in [0.2, 0.25) is 0 Å². The van der Waals surface area contributed by atoms with Crippen LogP contribution in [0, 0.1) is 0 Å². The Balaban J connectivity index is 3.61. The molecule has 0 bridgehead atoms. The van der Waals surface area contributed by atoms with Crippen molar-refractivity contribution in [2.75, 3.05) is 27.7 Å². The van der Waals surface area contributed by atoms with Crippen molar-refractivity contribution in [1.82, 2.24) is 0 Å². The van der Waals surface area contributed by atoms with Crippen molar-refractivity contribution in [3.63, 3.8) is 0 Å². The number of unbranched alkanes of at least 4 members (excludes halogenated alkanes) is 12. The molecule has 0 aliphatic rings. The molecule has 0 rings (SSSR count). The van der Waals surface area contributed by atoms with E-state index in [1.807, 2.05) is 34.1 Å². The highest BCUT2D eigenvalue weighted by Crippen LogP contribution is 2.51. The lowest BCUT2D eigenvalue weighted by atomic mass is 10.0. The van der Waals surface area contributed by atoms with E-state index in [1.165, 1.54) is 64.2 Å². The zero-order chi connectivity index (χ0) is 21.3. The van der Waals surface area contributed by atoms with Crippen LogP contribution in [0.4, 0.5) is 0 Å². The molecule has 0 heterocycles. The van der Waals surface area contributed by atoms with Gasteiger partial charge in [-0.2, -0.15) is 0 Å². The first-order chi connectivity index (χ1) is 13.3. The van der Waals surface area contributed by atoms with Crippen molar-refractivity contribution in [2.24, 2.45) is 0 Å². The molecule has 0 aliphatic heterocycles. The van der Waals surface area contributed by atoms with Gasteiger partial charge < -0.3 is 13.9 Å². The van der Waals surface area contributed by atoms with Crippen LogP contribution in [-0.2, 0) is 9.09 Å². The van der Waals surface area contributed by atoms with Gasteiger partial charge in [-0.25, -0.2) is 0 Å². The minimum absolute atomic E-state index is 0.334. The van der Waals surface area contributed by atoms with E-state index >= 15 is 0 Å². The molecule has 0 aromatic heterocycles. The van der Waals surface area contributed by atoms with E-state index in [0.717, 1.165) is 25.7 Å². The van der Waals surface area contributed by atoms with E-state index in [2.05, 4.69) is 6.58 Å². The third-order valence-electron chi connectivity index (χ3n) is 5.40. The van der Waals surface area contributed by atoms with E-state index in [1.54, 1.807) is 0 Å². The first-order valence-electron chi connectivity index (χ1n) is 11.6. The van der Waals surface area contributed by atoms with Crippen LogP contribution in [0.1, 0.15) is 103 Å². The maximum atomic E-state index is 12.6. The topological polar surface area (TPSA) is 46.5 Å². The molecule has 0 aromatic carbocycles. The molecule has 0 aliphatic carbocycles. The fourth-order valence-corrected chi connectivity index (χ4v) is 5.71. The van der Waals surface area contributed by atoms with Gasteiger partial charge in [-0.05, 0) is 25.7 Å². The molecule has 168 valence electrons. The summed E-state index contributed by atoms with van der Waals surface area (Å²) < 4.78 is 18.5. The van der Waals surface area contributed by atoms with Gasteiger partial charge in [0.25, 0.3) is 0 Å². The van der Waals surface area contributed by atoms with Gasteiger partial charge in [-0.15, -0.1) is 6.58 Å². The Morgan fingerprint density at radius 1 is 0.893 bits per heavy atom. The summed E-state index contributed by atoms with van der Waals surface area (Å²) in [7, 11) is 2.34. The van der Waals surface area contributed by atoms with Crippen molar-refractivity contribution in [2.45, 2.75) is 109 Å². The predicted octanol–water partition coefficient (Wildman–Crippen LogP) is 7.28. The van der Waals surface area contributed by atoms with E-state index in [4.69, 9.17) is 4.52 Å². The Kier molecular flexibility index (Phi) is 16.5. The van der Waals surface area contributed by atoms with Crippen LogP contribution in [0.5, 0.6) is 0 Å².